The van der Waals surface area contributed by atoms with Crippen LogP contribution in [-0.4, -0.2) is 178 Å². The number of carbonyl (C=O) groups is 2. The lowest BCUT2D eigenvalue weighted by Gasteiger charge is -2.33. The van der Waals surface area contributed by atoms with Crippen LogP contribution in [0.4, 0.5) is 11.6 Å². The fourth-order valence-electron chi connectivity index (χ4n) is 6.35. The van der Waals surface area contributed by atoms with Crippen molar-refractivity contribution in [2.75, 3.05) is 57.4 Å². The van der Waals surface area contributed by atoms with Crippen molar-refractivity contribution in [3.63, 3.8) is 0 Å². The number of guanidine groups is 1. The van der Waals surface area contributed by atoms with Gasteiger partial charge in [-0.05, 0) is 67.3 Å². The summed E-state index contributed by atoms with van der Waals surface area (Å²) in [7, 11) is 0. The first-order chi connectivity index (χ1) is 29.9. The summed E-state index contributed by atoms with van der Waals surface area (Å²) in [6, 6.07) is 16.1. The molecule has 3 rings (SSSR count). The standard InChI is InChI=1S/C41H62ClN9O12/c42-37-39(44)49-38(43)32(48-37)40(63)50-41(45)47-17-2-1-5-23-6-11-25(12-7-23)26-13-8-24(9-14-26)10-15-31(58)46-16-3-4-18-51(19-27(54)33(59)35(61)29(56)21-52)20-28(55)34(60)36(62)30(57)22-53/h6-9,11-14,27-30,33-36,52-57,59-62H,1-5,10,15-22H2,(H,46,58)(H4,43,44,49)(H3,45,47,50,63). The number of nitrogens with two attached hydrogens (primary N) is 3. The van der Waals surface area contributed by atoms with Crippen LogP contribution in [0, 0.1) is 0 Å². The van der Waals surface area contributed by atoms with Crippen LogP contribution in [0.15, 0.2) is 53.5 Å². The highest BCUT2D eigenvalue weighted by Gasteiger charge is 2.34. The maximum absolute atomic E-state index is 12.6. The van der Waals surface area contributed by atoms with Gasteiger partial charge in [0.15, 0.2) is 28.4 Å². The molecule has 21 nitrogen and oxygen atoms in total. The summed E-state index contributed by atoms with van der Waals surface area (Å²) >= 11 is 5.83. The van der Waals surface area contributed by atoms with E-state index >= 15 is 0 Å². The van der Waals surface area contributed by atoms with Gasteiger partial charge in [0.1, 0.15) is 36.6 Å². The molecule has 0 aliphatic heterocycles. The number of aliphatic imine (C=N–C) groups is 1. The first kappa shape index (κ1) is 52.7. The summed E-state index contributed by atoms with van der Waals surface area (Å²) < 4.78 is 0. The number of unbranched alkanes of at least 4 members (excludes halogenated alkanes) is 2. The number of rotatable bonds is 27. The van der Waals surface area contributed by atoms with E-state index in [1.807, 2.05) is 36.4 Å². The first-order valence-corrected chi connectivity index (χ1v) is 20.9. The first-order valence-electron chi connectivity index (χ1n) is 20.5. The Morgan fingerprint density at radius 1 is 0.683 bits per heavy atom. The quantitative estimate of drug-likeness (QED) is 0.0206. The summed E-state index contributed by atoms with van der Waals surface area (Å²) in [5, 5.41) is 104. The zero-order valence-electron chi connectivity index (χ0n) is 34.8. The van der Waals surface area contributed by atoms with E-state index in [4.69, 9.17) is 39.0 Å². The molecule has 1 heterocycles. The third kappa shape index (κ3) is 17.5. The van der Waals surface area contributed by atoms with Crippen molar-refractivity contribution in [1.82, 2.24) is 25.5 Å². The monoisotopic (exact) mass is 907 g/mol. The second kappa shape index (κ2) is 26.9. The Morgan fingerprint density at radius 3 is 1.71 bits per heavy atom. The van der Waals surface area contributed by atoms with Crippen molar-refractivity contribution in [2.24, 2.45) is 10.7 Å². The van der Waals surface area contributed by atoms with Gasteiger partial charge in [0.2, 0.25) is 5.91 Å². The molecule has 3 aromatic rings. The van der Waals surface area contributed by atoms with Crippen molar-refractivity contribution in [1.29, 1.82) is 0 Å². The van der Waals surface area contributed by atoms with Gasteiger partial charge in [0.05, 0.1) is 25.4 Å². The maximum Gasteiger partial charge on any atom is 0.280 e. The van der Waals surface area contributed by atoms with Crippen molar-refractivity contribution in [2.45, 2.75) is 93.8 Å². The molecule has 0 aliphatic carbocycles. The molecule has 22 heteroatoms. The number of nitrogens with zero attached hydrogens (tertiary/aromatic N) is 4. The number of amides is 2. The topological polar surface area (TPSA) is 380 Å². The molecule has 2 aromatic carbocycles. The van der Waals surface area contributed by atoms with Gasteiger partial charge >= 0.3 is 0 Å². The lowest BCUT2D eigenvalue weighted by Crippen LogP contribution is -2.53. The number of aliphatic hydroxyl groups is 10. The SMILES string of the molecule is NC(=NCCCCc1ccc(-c2ccc(CCC(=O)NCCCCN(CC(O)C(O)C(O)C(O)CO)CC(O)C(O)C(O)C(O)CO)cc2)cc1)NC(=O)c1nc(Cl)c(N)nc1N. The zero-order valence-corrected chi connectivity index (χ0v) is 35.6. The number of hydrogen-bond donors (Lipinski definition) is 15. The van der Waals surface area contributed by atoms with Crippen LogP contribution in [0.25, 0.3) is 11.1 Å². The minimum atomic E-state index is -1.88. The smallest absolute Gasteiger partial charge is 0.280 e. The van der Waals surface area contributed by atoms with Crippen LogP contribution in [0.3, 0.4) is 0 Å². The van der Waals surface area contributed by atoms with Gasteiger partial charge in [0, 0.05) is 32.6 Å². The van der Waals surface area contributed by atoms with Crippen LogP contribution in [0.1, 0.15) is 53.7 Å². The number of nitrogen functional groups attached to an aromatic ring is 2. The van der Waals surface area contributed by atoms with Gasteiger partial charge in [-0.25, -0.2) is 9.97 Å². The minimum absolute atomic E-state index is 0.0878. The highest BCUT2D eigenvalue weighted by molar-refractivity contribution is 6.31. The molecule has 0 saturated carbocycles. The van der Waals surface area contributed by atoms with Crippen molar-refractivity contribution < 1.29 is 60.7 Å². The number of aliphatic hydroxyl groups excluding tert-OH is 10. The summed E-state index contributed by atoms with van der Waals surface area (Å²) in [6.45, 7) is -1.62. The number of aryl methyl sites for hydroxylation is 2. The summed E-state index contributed by atoms with van der Waals surface area (Å²) in [6.07, 6.45) is -10.3. The number of carbonyl (C=O) groups excluding carboxylic acids is 2. The van der Waals surface area contributed by atoms with E-state index in [-0.39, 0.29) is 60.4 Å². The Hall–Kier alpha value is -4.62. The predicted molar refractivity (Wildman–Crippen MR) is 234 cm³/mol. The number of halogens is 1. The summed E-state index contributed by atoms with van der Waals surface area (Å²) in [5.41, 5.74) is 21.0. The number of benzene rings is 2. The fourth-order valence-corrected chi connectivity index (χ4v) is 6.48. The van der Waals surface area contributed by atoms with Gasteiger partial charge in [-0.15, -0.1) is 0 Å². The Balaban J connectivity index is 1.39. The van der Waals surface area contributed by atoms with Crippen LogP contribution in [0.5, 0.6) is 0 Å². The number of aromatic nitrogens is 2. The third-order valence-electron chi connectivity index (χ3n) is 10.2. The average Bonchev–Trinajstić information content (AvgIpc) is 3.27. The van der Waals surface area contributed by atoms with Crippen molar-refractivity contribution in [3.8, 4) is 11.1 Å². The van der Waals surface area contributed by atoms with Gasteiger partial charge in [-0.2, -0.15) is 0 Å². The molecule has 0 spiro atoms. The second-order valence-electron chi connectivity index (χ2n) is 15.1. The molecule has 63 heavy (non-hydrogen) atoms. The molecule has 0 saturated heterocycles. The van der Waals surface area contributed by atoms with E-state index in [1.54, 1.807) is 0 Å². The molecular weight excluding hydrogens is 846 g/mol. The highest BCUT2D eigenvalue weighted by atomic mass is 35.5. The molecule has 2 amide bonds. The van der Waals surface area contributed by atoms with E-state index in [0.717, 1.165) is 41.5 Å². The largest absolute Gasteiger partial charge is 0.394 e. The molecule has 0 bridgehead atoms. The van der Waals surface area contributed by atoms with Crippen LogP contribution in [-0.2, 0) is 17.6 Å². The van der Waals surface area contributed by atoms with Gasteiger partial charge in [0.25, 0.3) is 5.91 Å². The van der Waals surface area contributed by atoms with Crippen LogP contribution >= 0.6 is 11.6 Å². The Morgan fingerprint density at radius 2 is 1.19 bits per heavy atom. The molecular formula is C41H62ClN9O12. The molecule has 350 valence electrons. The Kier molecular flexibility index (Phi) is 22.5. The third-order valence-corrected chi connectivity index (χ3v) is 10.4. The summed E-state index contributed by atoms with van der Waals surface area (Å²) in [4.78, 5) is 38.2. The summed E-state index contributed by atoms with van der Waals surface area (Å²) in [5.74, 6) is -1.23. The average molecular weight is 908 g/mol. The van der Waals surface area contributed by atoms with Gasteiger partial charge < -0.3 is 73.6 Å². The van der Waals surface area contributed by atoms with Crippen LogP contribution in [0.2, 0.25) is 5.15 Å². The number of nitrogens with one attached hydrogen (secondary N) is 2. The normalized spacial score (nSPS) is 15.8. The maximum atomic E-state index is 12.6. The predicted octanol–water partition coefficient (Wildman–Crippen LogP) is -2.97. The van der Waals surface area contributed by atoms with E-state index < -0.39 is 68.0 Å². The minimum Gasteiger partial charge on any atom is -0.394 e. The number of anilines is 2. The molecule has 0 radical (unpaired) electrons. The van der Waals surface area contributed by atoms with Crippen LogP contribution < -0.4 is 27.8 Å². The molecule has 8 unspecified atom stereocenters. The molecule has 8 atom stereocenters. The molecule has 1 aromatic heterocycles. The number of hydrogen-bond acceptors (Lipinski definition) is 18. The zero-order chi connectivity index (χ0) is 46.6. The van der Waals surface area contributed by atoms with E-state index in [0.29, 0.717) is 32.4 Å². The fraction of sp³-hybridized carbons (Fsp3) is 0.537. The molecule has 18 N–H and O–H groups in total. The van der Waals surface area contributed by atoms with Crippen molar-refractivity contribution in [3.05, 3.63) is 70.5 Å². The van der Waals surface area contributed by atoms with E-state index in [1.165, 1.54) is 4.90 Å². The van der Waals surface area contributed by atoms with Gasteiger partial charge in [-0.3, -0.25) is 24.8 Å². The van der Waals surface area contributed by atoms with E-state index in [9.17, 15) is 50.4 Å². The second-order valence-corrected chi connectivity index (χ2v) is 15.5. The highest BCUT2D eigenvalue weighted by Crippen LogP contribution is 2.22. The van der Waals surface area contributed by atoms with E-state index in [2.05, 4.69) is 37.7 Å². The molecule has 0 fully saturated rings. The molecule has 0 aliphatic rings. The van der Waals surface area contributed by atoms with Crippen molar-refractivity contribution >= 4 is 41.0 Å². The lowest BCUT2D eigenvalue weighted by molar-refractivity contribution is -0.130. The lowest BCUT2D eigenvalue weighted by atomic mass is 9.99. The Labute approximate surface area is 369 Å². The van der Waals surface area contributed by atoms with Gasteiger partial charge in [-0.1, -0.05) is 60.1 Å². The Bertz CT molecular complexity index is 1850.